The Labute approximate surface area is 193 Å². The van der Waals surface area contributed by atoms with E-state index in [1.54, 1.807) is 7.11 Å². The van der Waals surface area contributed by atoms with Gasteiger partial charge in [0.05, 0.1) is 18.1 Å². The van der Waals surface area contributed by atoms with Gasteiger partial charge >= 0.3 is 0 Å². The number of hydrogen-bond donors (Lipinski definition) is 2. The molecule has 33 heavy (non-hydrogen) atoms. The van der Waals surface area contributed by atoms with Crippen LogP contribution >= 0.6 is 0 Å². The van der Waals surface area contributed by atoms with Gasteiger partial charge in [0.1, 0.15) is 24.2 Å². The molecule has 8 heteroatoms. The van der Waals surface area contributed by atoms with Crippen molar-refractivity contribution in [2.24, 2.45) is 0 Å². The van der Waals surface area contributed by atoms with Crippen molar-refractivity contribution in [2.75, 3.05) is 20.3 Å². The van der Waals surface area contributed by atoms with E-state index in [1.807, 2.05) is 53.1 Å². The van der Waals surface area contributed by atoms with Crippen LogP contribution in [0.25, 0.3) is 11.0 Å². The molecule has 1 saturated heterocycles. The van der Waals surface area contributed by atoms with Crippen molar-refractivity contribution in [1.82, 2.24) is 20.2 Å². The summed E-state index contributed by atoms with van der Waals surface area (Å²) < 4.78 is 12.6. The number of para-hydroxylation sites is 2. The molecule has 2 heterocycles. The molecule has 1 fully saturated rings. The fraction of sp³-hybridized carbons (Fsp3) is 0.400. The van der Waals surface area contributed by atoms with E-state index in [-0.39, 0.29) is 24.5 Å². The number of nitrogens with zero attached hydrogens (tertiary/aromatic N) is 2. The van der Waals surface area contributed by atoms with Crippen LogP contribution in [0, 0.1) is 0 Å². The fourth-order valence-corrected chi connectivity index (χ4v) is 3.99. The molecule has 0 spiro atoms. The first-order valence-corrected chi connectivity index (χ1v) is 11.4. The van der Waals surface area contributed by atoms with E-state index in [1.165, 1.54) is 0 Å². The number of rotatable bonds is 10. The number of nitrogens with one attached hydrogen (secondary N) is 2. The van der Waals surface area contributed by atoms with Crippen LogP contribution in [0.3, 0.4) is 0 Å². The first-order chi connectivity index (χ1) is 16.1. The molecule has 1 aliphatic rings. The quantitative estimate of drug-likeness (QED) is 0.463. The van der Waals surface area contributed by atoms with Crippen LogP contribution in [0.4, 0.5) is 0 Å². The molecule has 0 bridgehead atoms. The second-order valence-electron chi connectivity index (χ2n) is 8.12. The van der Waals surface area contributed by atoms with Crippen molar-refractivity contribution in [2.45, 2.75) is 44.9 Å². The molecule has 0 saturated carbocycles. The molecule has 8 nitrogen and oxygen atoms in total. The van der Waals surface area contributed by atoms with E-state index in [4.69, 9.17) is 14.5 Å². The summed E-state index contributed by atoms with van der Waals surface area (Å²) in [7, 11) is 1.63. The summed E-state index contributed by atoms with van der Waals surface area (Å²) in [4.78, 5) is 29.6. The van der Waals surface area contributed by atoms with Gasteiger partial charge in [-0.15, -0.1) is 0 Å². The normalized spacial score (nSPS) is 15.5. The van der Waals surface area contributed by atoms with Gasteiger partial charge in [-0.3, -0.25) is 9.59 Å². The van der Waals surface area contributed by atoms with Gasteiger partial charge in [0.15, 0.2) is 0 Å². The Hall–Kier alpha value is -3.39. The molecule has 3 aromatic rings. The first kappa shape index (κ1) is 22.8. The minimum atomic E-state index is -0.316. The van der Waals surface area contributed by atoms with Crippen LogP contribution in [0.5, 0.6) is 5.75 Å². The maximum atomic E-state index is 12.7. The number of aryl methyl sites for hydroxylation is 1. The van der Waals surface area contributed by atoms with E-state index >= 15 is 0 Å². The Kier molecular flexibility index (Phi) is 7.57. The molecule has 2 N–H and O–H groups in total. The summed E-state index contributed by atoms with van der Waals surface area (Å²) in [5.74, 6) is 1.49. The third-order valence-corrected chi connectivity index (χ3v) is 5.78. The molecular formula is C25H30N4O4. The van der Waals surface area contributed by atoms with Crippen molar-refractivity contribution in [1.29, 1.82) is 0 Å². The number of benzene rings is 2. The monoisotopic (exact) mass is 450 g/mol. The third-order valence-electron chi connectivity index (χ3n) is 5.78. The van der Waals surface area contributed by atoms with Crippen LogP contribution in [0.15, 0.2) is 48.5 Å². The Bertz CT molecular complexity index is 1090. The zero-order valence-electron chi connectivity index (χ0n) is 18.9. The predicted octanol–water partition coefficient (Wildman–Crippen LogP) is 2.59. The number of imidazole rings is 1. The van der Waals surface area contributed by atoms with E-state index in [0.29, 0.717) is 26.1 Å². The number of methoxy groups -OCH3 is 1. The van der Waals surface area contributed by atoms with Crippen LogP contribution in [0.1, 0.15) is 30.7 Å². The van der Waals surface area contributed by atoms with E-state index in [9.17, 15) is 9.59 Å². The second kappa shape index (κ2) is 11.0. The number of carbonyl (C=O) groups excluding carboxylic acids is 2. The van der Waals surface area contributed by atoms with E-state index < -0.39 is 0 Å². The summed E-state index contributed by atoms with van der Waals surface area (Å²) in [6.45, 7) is 1.84. The van der Waals surface area contributed by atoms with E-state index in [2.05, 4.69) is 10.6 Å². The molecule has 1 aliphatic heterocycles. The Morgan fingerprint density at radius 2 is 1.97 bits per heavy atom. The molecular weight excluding hydrogens is 420 g/mol. The van der Waals surface area contributed by atoms with Crippen LogP contribution in [-0.2, 0) is 33.8 Å². The Morgan fingerprint density at radius 3 is 2.73 bits per heavy atom. The predicted molar refractivity (Wildman–Crippen MR) is 125 cm³/mol. The van der Waals surface area contributed by atoms with Gasteiger partial charge in [0.25, 0.3) is 0 Å². The molecule has 2 amide bonds. The highest BCUT2D eigenvalue weighted by Crippen LogP contribution is 2.17. The maximum absolute atomic E-state index is 12.7. The van der Waals surface area contributed by atoms with Crippen molar-refractivity contribution >= 4 is 22.8 Å². The standard InChI is InChI=1S/C25H30N4O4/c1-32-19-12-10-18(11-13-19)16-27-24(30)17-29-21-7-3-2-6-20(21)28-23(29)9-4-14-26-25(31)22-8-5-15-33-22/h2-3,6-7,10-13,22H,4-5,8-9,14-17H2,1H3,(H,26,31)(H,27,30). The lowest BCUT2D eigenvalue weighted by Crippen LogP contribution is -2.34. The second-order valence-corrected chi connectivity index (χ2v) is 8.12. The lowest BCUT2D eigenvalue weighted by Gasteiger charge is -2.12. The third kappa shape index (κ3) is 5.90. The molecule has 2 aromatic carbocycles. The minimum absolute atomic E-state index is 0.0427. The summed E-state index contributed by atoms with van der Waals surface area (Å²) in [5, 5.41) is 5.93. The molecule has 0 aliphatic carbocycles. The topological polar surface area (TPSA) is 94.5 Å². The highest BCUT2D eigenvalue weighted by Gasteiger charge is 2.23. The number of ether oxygens (including phenoxy) is 2. The SMILES string of the molecule is COc1ccc(CNC(=O)Cn2c(CCCNC(=O)C3CCCO3)nc3ccccc32)cc1. The zero-order valence-corrected chi connectivity index (χ0v) is 18.9. The van der Waals surface area contributed by atoms with Crippen LogP contribution in [-0.4, -0.2) is 47.7 Å². The largest absolute Gasteiger partial charge is 0.497 e. The number of amides is 2. The van der Waals surface area contributed by atoms with Gasteiger partial charge in [-0.05, 0) is 49.1 Å². The molecule has 4 rings (SSSR count). The smallest absolute Gasteiger partial charge is 0.249 e. The molecule has 1 aromatic heterocycles. The average molecular weight is 451 g/mol. The van der Waals surface area contributed by atoms with Crippen LogP contribution < -0.4 is 15.4 Å². The summed E-state index contributed by atoms with van der Waals surface area (Å²) in [5.41, 5.74) is 2.79. The van der Waals surface area contributed by atoms with E-state index in [0.717, 1.165) is 47.4 Å². The van der Waals surface area contributed by atoms with Gasteiger partial charge in [-0.2, -0.15) is 0 Å². The fourth-order valence-electron chi connectivity index (χ4n) is 3.99. The van der Waals surface area contributed by atoms with Crippen molar-refractivity contribution in [3.05, 3.63) is 59.9 Å². The molecule has 174 valence electrons. The average Bonchev–Trinajstić information content (AvgIpc) is 3.50. The number of carbonyl (C=O) groups is 2. The van der Waals surface area contributed by atoms with Crippen molar-refractivity contribution in [3.63, 3.8) is 0 Å². The van der Waals surface area contributed by atoms with Crippen LogP contribution in [0.2, 0.25) is 0 Å². The van der Waals surface area contributed by atoms with Gasteiger partial charge < -0.3 is 24.7 Å². The maximum Gasteiger partial charge on any atom is 0.249 e. The van der Waals surface area contributed by atoms with Crippen molar-refractivity contribution < 1.29 is 19.1 Å². The van der Waals surface area contributed by atoms with Gasteiger partial charge in [-0.1, -0.05) is 24.3 Å². The minimum Gasteiger partial charge on any atom is -0.497 e. The highest BCUT2D eigenvalue weighted by atomic mass is 16.5. The molecule has 0 radical (unpaired) electrons. The number of hydrogen-bond acceptors (Lipinski definition) is 5. The zero-order chi connectivity index (χ0) is 23.0. The Balaban J connectivity index is 1.34. The number of fused-ring (bicyclic) bond motifs is 1. The lowest BCUT2D eigenvalue weighted by molar-refractivity contribution is -0.130. The number of aromatic nitrogens is 2. The van der Waals surface area contributed by atoms with Crippen molar-refractivity contribution in [3.8, 4) is 5.75 Å². The molecule has 1 unspecified atom stereocenters. The van der Waals surface area contributed by atoms with Gasteiger partial charge in [0.2, 0.25) is 11.8 Å². The Morgan fingerprint density at radius 1 is 1.15 bits per heavy atom. The van der Waals surface area contributed by atoms with Gasteiger partial charge in [-0.25, -0.2) is 4.98 Å². The highest BCUT2D eigenvalue weighted by molar-refractivity contribution is 5.81. The van der Waals surface area contributed by atoms with Gasteiger partial charge in [0, 0.05) is 26.1 Å². The summed E-state index contributed by atoms with van der Waals surface area (Å²) >= 11 is 0. The summed E-state index contributed by atoms with van der Waals surface area (Å²) in [6.07, 6.45) is 2.79. The first-order valence-electron chi connectivity index (χ1n) is 11.4. The lowest BCUT2D eigenvalue weighted by atomic mass is 10.2. The summed E-state index contributed by atoms with van der Waals surface area (Å²) in [6, 6.07) is 15.4. The molecule has 1 atom stereocenters.